The first-order chi connectivity index (χ1) is 9.18. The lowest BCUT2D eigenvalue weighted by Crippen LogP contribution is -2.43. The molecule has 19 heavy (non-hydrogen) atoms. The van der Waals surface area contributed by atoms with E-state index in [1.54, 1.807) is 11.0 Å². The van der Waals surface area contributed by atoms with Gasteiger partial charge in [0.1, 0.15) is 0 Å². The monoisotopic (exact) mass is 322 g/mol. The summed E-state index contributed by atoms with van der Waals surface area (Å²) < 4.78 is 0.699. The number of rotatable bonds is 2. The van der Waals surface area contributed by atoms with Crippen molar-refractivity contribution in [2.24, 2.45) is 0 Å². The molecule has 1 saturated heterocycles. The molecule has 3 rings (SSSR count). The molecule has 1 aromatic rings. The maximum atomic E-state index is 12.1. The predicted octanol–water partition coefficient (Wildman–Crippen LogP) is 2.42. The zero-order chi connectivity index (χ0) is 13.4. The van der Waals surface area contributed by atoms with E-state index >= 15 is 0 Å². The second kappa shape index (κ2) is 5.06. The summed E-state index contributed by atoms with van der Waals surface area (Å²) in [5.74, 6) is -0.813. The summed E-state index contributed by atoms with van der Waals surface area (Å²) in [7, 11) is 0. The van der Waals surface area contributed by atoms with Crippen LogP contribution in [-0.2, 0) is 4.79 Å². The van der Waals surface area contributed by atoms with Crippen LogP contribution in [0.2, 0.25) is 0 Å². The second-order valence-electron chi connectivity index (χ2n) is 5.02. The molecule has 0 saturated carbocycles. The van der Waals surface area contributed by atoms with Gasteiger partial charge in [0.05, 0.1) is 17.9 Å². The Morgan fingerprint density at radius 1 is 1.11 bits per heavy atom. The number of anilines is 1. The lowest BCUT2D eigenvalue weighted by atomic mass is 10.1. The van der Waals surface area contributed by atoms with Gasteiger partial charge in [0.15, 0.2) is 0 Å². The SMILES string of the molecule is O=C1C(=O)N(CN2CCCCC2)c2cccc(Br)c21. The Balaban J connectivity index is 1.88. The van der Waals surface area contributed by atoms with Gasteiger partial charge in [-0.05, 0) is 54.0 Å². The predicted molar refractivity (Wildman–Crippen MR) is 76.2 cm³/mol. The van der Waals surface area contributed by atoms with Gasteiger partial charge >= 0.3 is 5.91 Å². The Morgan fingerprint density at radius 2 is 1.84 bits per heavy atom. The van der Waals surface area contributed by atoms with Crippen molar-refractivity contribution in [1.82, 2.24) is 4.90 Å². The highest BCUT2D eigenvalue weighted by atomic mass is 79.9. The van der Waals surface area contributed by atoms with Crippen LogP contribution >= 0.6 is 15.9 Å². The van der Waals surface area contributed by atoms with Crippen LogP contribution < -0.4 is 4.90 Å². The van der Waals surface area contributed by atoms with Crippen LogP contribution in [0.1, 0.15) is 29.6 Å². The van der Waals surface area contributed by atoms with E-state index in [0.717, 1.165) is 18.8 Å². The Kier molecular flexibility index (Phi) is 3.41. The fraction of sp³-hybridized carbons (Fsp3) is 0.429. The smallest absolute Gasteiger partial charge is 0.291 e. The highest BCUT2D eigenvalue weighted by Gasteiger charge is 2.37. The number of benzene rings is 1. The molecule has 0 bridgehead atoms. The third-order valence-electron chi connectivity index (χ3n) is 3.74. The van der Waals surface area contributed by atoms with Crippen LogP contribution in [0.3, 0.4) is 0 Å². The lowest BCUT2D eigenvalue weighted by Gasteiger charge is -2.30. The summed E-state index contributed by atoms with van der Waals surface area (Å²) in [6, 6.07) is 5.50. The standard InChI is InChI=1S/C14H15BrN2O2/c15-10-5-4-6-11-12(10)13(18)14(19)17(11)9-16-7-2-1-3-8-16/h4-6H,1-3,7-9H2. The molecule has 0 atom stereocenters. The van der Waals surface area contributed by atoms with Gasteiger partial charge in [0.25, 0.3) is 5.78 Å². The topological polar surface area (TPSA) is 40.6 Å². The zero-order valence-corrected chi connectivity index (χ0v) is 12.1. The number of carbonyl (C=O) groups is 2. The molecule has 1 amide bonds. The minimum absolute atomic E-state index is 0.403. The summed E-state index contributed by atoms with van der Waals surface area (Å²) >= 11 is 3.35. The first-order valence-corrected chi connectivity index (χ1v) is 7.35. The molecular weight excluding hydrogens is 308 g/mol. The van der Waals surface area contributed by atoms with Gasteiger partial charge in [-0.1, -0.05) is 12.5 Å². The maximum absolute atomic E-state index is 12.1. The van der Waals surface area contributed by atoms with Crippen LogP contribution in [0.4, 0.5) is 5.69 Å². The molecule has 0 spiro atoms. The van der Waals surface area contributed by atoms with Crippen LogP contribution in [0, 0.1) is 0 Å². The minimum atomic E-state index is -0.410. The fourth-order valence-electron chi connectivity index (χ4n) is 2.74. The van der Waals surface area contributed by atoms with Gasteiger partial charge in [0, 0.05) is 4.47 Å². The molecule has 2 aliphatic heterocycles. The van der Waals surface area contributed by atoms with Crippen molar-refractivity contribution in [2.45, 2.75) is 19.3 Å². The normalized spacial score (nSPS) is 19.9. The van der Waals surface area contributed by atoms with Gasteiger partial charge in [-0.15, -0.1) is 0 Å². The molecule has 1 fully saturated rings. The Hall–Kier alpha value is -1.20. The molecule has 0 N–H and O–H groups in total. The summed E-state index contributed by atoms with van der Waals surface area (Å²) in [6.07, 6.45) is 3.59. The van der Waals surface area contributed by atoms with Gasteiger partial charge in [-0.2, -0.15) is 0 Å². The van der Waals surface area contributed by atoms with Crippen molar-refractivity contribution in [3.63, 3.8) is 0 Å². The minimum Gasteiger partial charge on any atom is -0.291 e. The first kappa shape index (κ1) is 12.8. The molecule has 4 nitrogen and oxygen atoms in total. The molecule has 5 heteroatoms. The number of Topliss-reactive ketones (excluding diaryl/α,β-unsaturated/α-hetero) is 1. The Labute approximate surface area is 120 Å². The largest absolute Gasteiger partial charge is 0.300 e. The van der Waals surface area contributed by atoms with Gasteiger partial charge in [-0.3, -0.25) is 19.4 Å². The number of likely N-dealkylation sites (tertiary alicyclic amines) is 1. The maximum Gasteiger partial charge on any atom is 0.300 e. The van der Waals surface area contributed by atoms with E-state index in [1.807, 2.05) is 12.1 Å². The molecular formula is C14H15BrN2O2. The Bertz CT molecular complexity index is 538. The highest BCUT2D eigenvalue weighted by Crippen LogP contribution is 2.34. The van der Waals surface area contributed by atoms with Gasteiger partial charge in [-0.25, -0.2) is 0 Å². The molecule has 100 valence electrons. The van der Waals surface area contributed by atoms with E-state index in [0.29, 0.717) is 16.7 Å². The average molecular weight is 323 g/mol. The zero-order valence-electron chi connectivity index (χ0n) is 10.6. The van der Waals surface area contributed by atoms with Crippen LogP contribution in [0.15, 0.2) is 22.7 Å². The quantitative estimate of drug-likeness (QED) is 0.785. The number of amides is 1. The number of halogens is 1. The molecule has 0 radical (unpaired) electrons. The van der Waals surface area contributed by atoms with Crippen molar-refractivity contribution in [3.05, 3.63) is 28.2 Å². The summed E-state index contributed by atoms with van der Waals surface area (Å²) in [4.78, 5) is 28.0. The first-order valence-electron chi connectivity index (χ1n) is 6.55. The lowest BCUT2D eigenvalue weighted by molar-refractivity contribution is -0.114. The van der Waals surface area contributed by atoms with Crippen molar-refractivity contribution in [3.8, 4) is 0 Å². The van der Waals surface area contributed by atoms with E-state index in [2.05, 4.69) is 20.8 Å². The third-order valence-corrected chi connectivity index (χ3v) is 4.40. The van der Waals surface area contributed by atoms with Crippen LogP contribution in [-0.4, -0.2) is 36.3 Å². The number of fused-ring (bicyclic) bond motifs is 1. The molecule has 2 aliphatic rings. The van der Waals surface area contributed by atoms with E-state index in [1.165, 1.54) is 19.3 Å². The van der Waals surface area contributed by atoms with Crippen molar-refractivity contribution in [2.75, 3.05) is 24.7 Å². The van der Waals surface area contributed by atoms with Crippen LogP contribution in [0.5, 0.6) is 0 Å². The summed E-state index contributed by atoms with van der Waals surface area (Å²) in [5.41, 5.74) is 1.24. The second-order valence-corrected chi connectivity index (χ2v) is 5.87. The number of ketones is 1. The summed E-state index contributed by atoms with van der Waals surface area (Å²) in [6.45, 7) is 2.52. The molecule has 0 aliphatic carbocycles. The molecule has 0 aromatic heterocycles. The van der Waals surface area contributed by atoms with Crippen molar-refractivity contribution in [1.29, 1.82) is 0 Å². The molecule has 0 unspecified atom stereocenters. The van der Waals surface area contributed by atoms with Crippen molar-refractivity contribution >= 4 is 33.3 Å². The fourth-order valence-corrected chi connectivity index (χ4v) is 3.28. The van der Waals surface area contributed by atoms with E-state index < -0.39 is 11.7 Å². The number of carbonyl (C=O) groups excluding carboxylic acids is 2. The number of hydrogen-bond donors (Lipinski definition) is 0. The number of hydrogen-bond acceptors (Lipinski definition) is 3. The third kappa shape index (κ3) is 2.21. The van der Waals surface area contributed by atoms with Gasteiger partial charge in [0.2, 0.25) is 0 Å². The average Bonchev–Trinajstić information content (AvgIpc) is 2.66. The van der Waals surface area contributed by atoms with Crippen molar-refractivity contribution < 1.29 is 9.59 Å². The van der Waals surface area contributed by atoms with E-state index in [9.17, 15) is 9.59 Å². The summed E-state index contributed by atoms with van der Waals surface area (Å²) in [5, 5.41) is 0. The highest BCUT2D eigenvalue weighted by molar-refractivity contribution is 9.10. The molecule has 2 heterocycles. The Morgan fingerprint density at radius 3 is 2.58 bits per heavy atom. The number of nitrogens with zero attached hydrogens (tertiary/aromatic N) is 2. The van der Waals surface area contributed by atoms with E-state index in [-0.39, 0.29) is 0 Å². The van der Waals surface area contributed by atoms with E-state index in [4.69, 9.17) is 0 Å². The molecule has 1 aromatic carbocycles. The number of piperidine rings is 1. The van der Waals surface area contributed by atoms with Gasteiger partial charge < -0.3 is 0 Å². The van der Waals surface area contributed by atoms with Crippen LogP contribution in [0.25, 0.3) is 0 Å².